The Hall–Kier alpha value is -0.681. The van der Waals surface area contributed by atoms with Crippen molar-refractivity contribution in [2.75, 3.05) is 0 Å². The monoisotopic (exact) mass is 351 g/mol. The molecule has 0 fully saturated rings. The minimum atomic E-state index is -1.08. The number of carbonyl (C=O) groups excluding carboxylic acids is 4. The van der Waals surface area contributed by atoms with Crippen molar-refractivity contribution in [1.82, 2.24) is 0 Å². The van der Waals surface area contributed by atoms with E-state index in [1.165, 1.54) is 0 Å². The Kier molecular flexibility index (Phi) is 109. The minimum absolute atomic E-state index is 0. The number of carboxylic acids is 4. The third-order valence-electron chi connectivity index (χ3n) is 0. The molecule has 0 amide bonds. The van der Waals surface area contributed by atoms with Gasteiger partial charge in [-0.3, -0.25) is 0 Å². The van der Waals surface area contributed by atoms with Crippen LogP contribution in [0.4, 0.5) is 0 Å². The summed E-state index contributed by atoms with van der Waals surface area (Å²) in [6.07, 6.45) is 0. The quantitative estimate of drug-likeness (QED) is 0.380. The molecule has 0 aliphatic rings. The molecule has 0 aromatic heterocycles. The van der Waals surface area contributed by atoms with Crippen LogP contribution in [0, 0.1) is 0 Å². The van der Waals surface area contributed by atoms with Crippen LogP contribution in [0.15, 0.2) is 0 Å². The molecule has 20 heavy (non-hydrogen) atoms. The van der Waals surface area contributed by atoms with Crippen LogP contribution in [0.5, 0.6) is 0 Å². The molecule has 0 saturated carbocycles. The third kappa shape index (κ3) is 9960. The van der Waals surface area contributed by atoms with E-state index >= 15 is 0 Å². The van der Waals surface area contributed by atoms with Crippen LogP contribution >= 0.6 is 0 Å². The van der Waals surface area contributed by atoms with Gasteiger partial charge in [0.2, 0.25) is 0 Å². The van der Waals surface area contributed by atoms with E-state index in [1.807, 2.05) is 0 Å². The number of hydrogen-bond donors (Lipinski definition) is 0. The molecule has 0 aliphatic carbocycles. The Morgan fingerprint density at radius 1 is 0.550 bits per heavy atom. The first-order chi connectivity index (χ1) is 6.93. The molecule has 0 aromatic rings. The fourth-order valence-corrected chi connectivity index (χ4v) is 0. The zero-order valence-electron chi connectivity index (χ0n) is 11.6. The first kappa shape index (κ1) is 50.6. The van der Waals surface area contributed by atoms with Gasteiger partial charge in [-0.25, -0.2) is 0 Å². The maximum Gasteiger partial charge on any atom is 3.00 e. The second-order valence-corrected chi connectivity index (χ2v) is 1.97. The second-order valence-electron chi connectivity index (χ2n) is 1.97. The Labute approximate surface area is 148 Å². The average molecular weight is 351 g/mol. The van der Waals surface area contributed by atoms with Gasteiger partial charge in [-0.1, -0.05) is 0 Å². The molecule has 0 atom stereocenters. The number of rotatable bonds is 0. The predicted molar refractivity (Wildman–Crippen MR) is 50.0 cm³/mol. The molecular weight excluding hydrogens is 335 g/mol. The van der Waals surface area contributed by atoms with Gasteiger partial charge in [0, 0.05) is 23.9 Å². The molecule has 0 bridgehead atoms. The van der Waals surface area contributed by atoms with Crippen LogP contribution in [-0.4, -0.2) is 34.8 Å². The molecule has 4 N–H and O–H groups in total. The van der Waals surface area contributed by atoms with E-state index in [2.05, 4.69) is 0 Å². The first-order valence-corrected chi connectivity index (χ1v) is 3.63. The van der Waals surface area contributed by atoms with Crippen molar-refractivity contribution < 1.29 is 97.2 Å². The average Bonchev–Trinajstić information content (AvgIpc) is 1.76. The molecule has 117 valence electrons. The molecule has 0 heterocycles. The smallest absolute Gasteiger partial charge is 0.550 e. The second kappa shape index (κ2) is 42.9. The van der Waals surface area contributed by atoms with Gasteiger partial charge in [-0.15, -0.1) is 0 Å². The van der Waals surface area contributed by atoms with E-state index in [9.17, 15) is 0 Å². The number of aliphatic carboxylic acids is 4. The third-order valence-corrected chi connectivity index (χ3v) is 0. The largest absolute Gasteiger partial charge is 3.00 e. The summed E-state index contributed by atoms with van der Waals surface area (Å²) in [5.41, 5.74) is 0. The maximum atomic E-state index is 8.89. The molecule has 1 radical (unpaired) electrons. The van der Waals surface area contributed by atoms with Crippen molar-refractivity contribution in [2.24, 2.45) is 0 Å². The van der Waals surface area contributed by atoms with Gasteiger partial charge in [0.25, 0.3) is 0 Å². The molecule has 0 spiro atoms. The summed E-state index contributed by atoms with van der Waals surface area (Å²) in [4.78, 5) is 35.6. The molecule has 0 saturated heterocycles. The van der Waals surface area contributed by atoms with Crippen LogP contribution in [0.25, 0.3) is 0 Å². The fourth-order valence-electron chi connectivity index (χ4n) is 0. The van der Waals surface area contributed by atoms with E-state index < -0.39 is 23.9 Å². The fraction of sp³-hybridized carbons (Fsp3) is 0.500. The summed E-state index contributed by atoms with van der Waals surface area (Å²) in [5, 5.41) is 35.6. The van der Waals surface area contributed by atoms with Gasteiger partial charge < -0.3 is 50.6 Å². The van der Waals surface area contributed by atoms with E-state index in [4.69, 9.17) is 39.6 Å². The van der Waals surface area contributed by atoms with E-state index in [0.717, 1.165) is 27.7 Å². The van der Waals surface area contributed by atoms with Crippen molar-refractivity contribution in [3.05, 3.63) is 0 Å². The maximum absolute atomic E-state index is 8.89. The summed E-state index contributed by atoms with van der Waals surface area (Å²) < 4.78 is 0. The van der Waals surface area contributed by atoms with Crippen LogP contribution in [-0.2, 0) is 36.2 Å². The molecule has 0 aliphatic heterocycles. The van der Waals surface area contributed by atoms with E-state index in [0.29, 0.717) is 0 Å². The van der Waals surface area contributed by atoms with Crippen LogP contribution in [0.3, 0.4) is 0 Å². The van der Waals surface area contributed by atoms with Crippen molar-refractivity contribution in [2.45, 2.75) is 27.7 Å². The van der Waals surface area contributed by atoms with Crippen molar-refractivity contribution >= 4 is 23.9 Å². The van der Waals surface area contributed by atoms with Crippen LogP contribution in [0.2, 0.25) is 0 Å². The van der Waals surface area contributed by atoms with Crippen molar-refractivity contribution in [1.29, 1.82) is 0 Å². The normalized spacial score (nSPS) is 5.00. The molecule has 10 nitrogen and oxygen atoms in total. The van der Waals surface area contributed by atoms with E-state index in [-0.39, 0.29) is 57.6 Å². The van der Waals surface area contributed by atoms with Gasteiger partial charge in [-0.05, 0) is 27.7 Å². The minimum Gasteiger partial charge on any atom is -0.550 e. The summed E-state index contributed by atoms with van der Waals surface area (Å²) in [5.74, 6) is -4.33. The SMILES string of the molecule is CC(=O)[O-].CC(=O)[O-].CC(=O)[O-].CC(=O)[O-].O.O.[Fe+3].[Na+]. The molecule has 12 heteroatoms. The number of hydrogen-bond acceptors (Lipinski definition) is 8. The Morgan fingerprint density at radius 3 is 0.550 bits per heavy atom. The predicted octanol–water partition coefficient (Wildman–Crippen LogP) is -9.62. The summed E-state index contributed by atoms with van der Waals surface area (Å²) in [7, 11) is 0. The molecule has 0 rings (SSSR count). The van der Waals surface area contributed by atoms with Crippen LogP contribution in [0.1, 0.15) is 27.7 Å². The standard InChI is InChI=1S/4C2H4O2.Fe.Na.2H2O/c4*1-2(3)4;;;;/h4*1H3,(H,3,4);;;2*1H2/q;;;;+3;+1;;/p-4. The van der Waals surface area contributed by atoms with Crippen LogP contribution < -0.4 is 50.0 Å². The first-order valence-electron chi connectivity index (χ1n) is 3.63. The Morgan fingerprint density at radius 2 is 0.550 bits per heavy atom. The molecule has 0 aromatic carbocycles. The van der Waals surface area contributed by atoms with Gasteiger partial charge in [-0.2, -0.15) is 0 Å². The van der Waals surface area contributed by atoms with Crippen molar-refractivity contribution in [3.63, 3.8) is 0 Å². The van der Waals surface area contributed by atoms with Crippen molar-refractivity contribution in [3.8, 4) is 0 Å². The summed E-state index contributed by atoms with van der Waals surface area (Å²) in [6.45, 7) is 3.89. The van der Waals surface area contributed by atoms with Gasteiger partial charge in [0.15, 0.2) is 0 Å². The zero-order chi connectivity index (χ0) is 14.3. The molecule has 0 unspecified atom stereocenters. The number of carboxylic acid groups (broad SMARTS) is 4. The van der Waals surface area contributed by atoms with Gasteiger partial charge in [0.05, 0.1) is 0 Å². The molecular formula is C8H16FeNaO10. The Balaban J connectivity index is -0.0000000150. The summed E-state index contributed by atoms with van der Waals surface area (Å²) >= 11 is 0. The topological polar surface area (TPSA) is 224 Å². The summed E-state index contributed by atoms with van der Waals surface area (Å²) in [6, 6.07) is 0. The Bertz CT molecular complexity index is 169. The van der Waals surface area contributed by atoms with E-state index in [1.54, 1.807) is 0 Å². The van der Waals surface area contributed by atoms with Gasteiger partial charge in [0.1, 0.15) is 0 Å². The van der Waals surface area contributed by atoms with Gasteiger partial charge >= 0.3 is 46.6 Å². The number of carbonyl (C=O) groups is 4. The zero-order valence-corrected chi connectivity index (χ0v) is 14.7.